The van der Waals surface area contributed by atoms with Gasteiger partial charge in [-0.15, -0.1) is 0 Å². The molecule has 0 aromatic heterocycles. The number of ether oxygens (including phenoxy) is 3. The van der Waals surface area contributed by atoms with Crippen LogP contribution < -0.4 is 0 Å². The zero-order valence-electron chi connectivity index (χ0n) is 12.8. The summed E-state index contributed by atoms with van der Waals surface area (Å²) in [5.74, 6) is 0.182. The minimum absolute atomic E-state index is 0.231. The van der Waals surface area contributed by atoms with E-state index in [0.717, 1.165) is 19.4 Å². The van der Waals surface area contributed by atoms with Crippen molar-refractivity contribution in [2.75, 3.05) is 13.2 Å². The molecule has 0 N–H and O–H groups in total. The van der Waals surface area contributed by atoms with Gasteiger partial charge in [0, 0.05) is 6.61 Å². The summed E-state index contributed by atoms with van der Waals surface area (Å²) in [6.45, 7) is 8.40. The predicted molar refractivity (Wildman–Crippen MR) is 79.4 cm³/mol. The third-order valence-electron chi connectivity index (χ3n) is 3.60. The number of rotatable bonds is 7. The molecule has 0 spiro atoms. The Kier molecular flexibility index (Phi) is 5.58. The fourth-order valence-corrected chi connectivity index (χ4v) is 2.49. The summed E-state index contributed by atoms with van der Waals surface area (Å²) in [4.78, 5) is 0. The van der Waals surface area contributed by atoms with E-state index < -0.39 is 5.79 Å². The molecule has 3 heteroatoms. The van der Waals surface area contributed by atoms with Gasteiger partial charge in [0.1, 0.15) is 0 Å². The van der Waals surface area contributed by atoms with Gasteiger partial charge in [-0.05, 0) is 38.2 Å². The summed E-state index contributed by atoms with van der Waals surface area (Å²) in [7, 11) is 0. The van der Waals surface area contributed by atoms with Gasteiger partial charge in [0.25, 0.3) is 0 Å². The van der Waals surface area contributed by atoms with E-state index in [1.165, 1.54) is 5.56 Å². The van der Waals surface area contributed by atoms with E-state index >= 15 is 0 Å². The molecule has 0 unspecified atom stereocenters. The van der Waals surface area contributed by atoms with E-state index in [1.807, 2.05) is 32.0 Å². The van der Waals surface area contributed by atoms with Gasteiger partial charge in [-0.25, -0.2) is 0 Å². The lowest BCUT2D eigenvalue weighted by Crippen LogP contribution is -2.22. The molecule has 1 aromatic carbocycles. The Balaban J connectivity index is 1.58. The lowest BCUT2D eigenvalue weighted by Gasteiger charge is -2.19. The Morgan fingerprint density at radius 2 is 2.05 bits per heavy atom. The summed E-state index contributed by atoms with van der Waals surface area (Å²) in [6.07, 6.45) is 2.33. The van der Waals surface area contributed by atoms with E-state index in [1.54, 1.807) is 0 Å². The normalized spacial score (nSPS) is 22.9. The van der Waals surface area contributed by atoms with Gasteiger partial charge < -0.3 is 14.2 Å². The van der Waals surface area contributed by atoms with Crippen LogP contribution in [-0.2, 0) is 20.8 Å². The summed E-state index contributed by atoms with van der Waals surface area (Å²) in [5, 5.41) is 0. The van der Waals surface area contributed by atoms with Crippen LogP contribution in [0.15, 0.2) is 30.3 Å². The fraction of sp³-hybridized carbons (Fsp3) is 0.647. The van der Waals surface area contributed by atoms with E-state index in [2.05, 4.69) is 19.1 Å². The van der Waals surface area contributed by atoms with Crippen molar-refractivity contribution in [3.8, 4) is 0 Å². The molecule has 3 nitrogen and oxygen atoms in total. The highest BCUT2D eigenvalue weighted by Gasteiger charge is 2.33. The third kappa shape index (κ3) is 5.23. The molecule has 1 saturated heterocycles. The average Bonchev–Trinajstić information content (AvgIpc) is 2.75. The van der Waals surface area contributed by atoms with Crippen molar-refractivity contribution in [1.29, 1.82) is 0 Å². The van der Waals surface area contributed by atoms with Crippen LogP contribution in [0.25, 0.3) is 0 Å². The molecule has 1 aromatic rings. The van der Waals surface area contributed by atoms with Crippen LogP contribution in [0.4, 0.5) is 0 Å². The van der Waals surface area contributed by atoms with Gasteiger partial charge >= 0.3 is 0 Å². The first-order chi connectivity index (χ1) is 9.55. The molecule has 20 heavy (non-hydrogen) atoms. The van der Waals surface area contributed by atoms with Crippen LogP contribution in [0, 0.1) is 5.92 Å². The van der Waals surface area contributed by atoms with Gasteiger partial charge in [0.05, 0.1) is 19.3 Å². The second kappa shape index (κ2) is 7.21. The van der Waals surface area contributed by atoms with Crippen molar-refractivity contribution < 1.29 is 14.2 Å². The molecule has 0 bridgehead atoms. The van der Waals surface area contributed by atoms with Crippen molar-refractivity contribution in [3.63, 3.8) is 0 Å². The van der Waals surface area contributed by atoms with E-state index in [9.17, 15) is 0 Å². The lowest BCUT2D eigenvalue weighted by atomic mass is 10.0. The highest BCUT2D eigenvalue weighted by Crippen LogP contribution is 2.26. The minimum Gasteiger partial charge on any atom is -0.377 e. The number of benzene rings is 1. The Morgan fingerprint density at radius 3 is 2.70 bits per heavy atom. The average molecular weight is 278 g/mol. The Morgan fingerprint density at radius 1 is 1.30 bits per heavy atom. The molecule has 0 saturated carbocycles. The molecule has 0 aliphatic carbocycles. The highest BCUT2D eigenvalue weighted by molar-refractivity contribution is 5.13. The molecule has 2 rings (SSSR count). The molecule has 1 heterocycles. The Bertz CT molecular complexity index is 388. The summed E-state index contributed by atoms with van der Waals surface area (Å²) < 4.78 is 17.1. The highest BCUT2D eigenvalue weighted by atomic mass is 16.7. The van der Waals surface area contributed by atoms with Gasteiger partial charge in [-0.3, -0.25) is 0 Å². The van der Waals surface area contributed by atoms with E-state index in [-0.39, 0.29) is 6.10 Å². The van der Waals surface area contributed by atoms with E-state index in [4.69, 9.17) is 14.2 Å². The molecule has 1 aliphatic heterocycles. The first-order valence-electron chi connectivity index (χ1n) is 7.48. The molecule has 0 radical (unpaired) electrons. The van der Waals surface area contributed by atoms with Crippen molar-refractivity contribution in [2.24, 2.45) is 5.92 Å². The molecule has 1 aliphatic rings. The topological polar surface area (TPSA) is 27.7 Å². The summed E-state index contributed by atoms with van der Waals surface area (Å²) >= 11 is 0. The van der Waals surface area contributed by atoms with Crippen molar-refractivity contribution in [2.45, 2.75) is 52.1 Å². The lowest BCUT2D eigenvalue weighted by molar-refractivity contribution is -0.140. The second-order valence-corrected chi connectivity index (χ2v) is 6.12. The maximum Gasteiger partial charge on any atom is 0.163 e. The van der Waals surface area contributed by atoms with Gasteiger partial charge in [0.15, 0.2) is 5.79 Å². The standard InChI is InChI=1S/C17H26O3/c1-14(11-16-13-19-17(2,3)20-16)9-10-18-12-15-7-5-4-6-8-15/h4-8,14,16H,9-13H2,1-3H3/t14-,16-/m1/s1. The Hall–Kier alpha value is -0.900. The number of hydrogen-bond acceptors (Lipinski definition) is 3. The van der Waals surface area contributed by atoms with Crippen LogP contribution in [0.2, 0.25) is 0 Å². The first-order valence-corrected chi connectivity index (χ1v) is 7.48. The molecule has 0 amide bonds. The van der Waals surface area contributed by atoms with Crippen LogP contribution >= 0.6 is 0 Å². The van der Waals surface area contributed by atoms with Crippen molar-refractivity contribution in [1.82, 2.24) is 0 Å². The maximum atomic E-state index is 5.83. The van der Waals surface area contributed by atoms with Crippen LogP contribution in [0.3, 0.4) is 0 Å². The van der Waals surface area contributed by atoms with Crippen molar-refractivity contribution >= 4 is 0 Å². The van der Waals surface area contributed by atoms with E-state index in [0.29, 0.717) is 19.1 Å². The Labute approximate surface area is 122 Å². The fourth-order valence-electron chi connectivity index (χ4n) is 2.49. The van der Waals surface area contributed by atoms with Gasteiger partial charge in [0.2, 0.25) is 0 Å². The van der Waals surface area contributed by atoms with Crippen molar-refractivity contribution in [3.05, 3.63) is 35.9 Å². The molecule has 2 atom stereocenters. The quantitative estimate of drug-likeness (QED) is 0.711. The molecule has 1 fully saturated rings. The van der Waals surface area contributed by atoms with Gasteiger partial charge in [-0.2, -0.15) is 0 Å². The first kappa shape index (κ1) is 15.5. The molecule has 112 valence electrons. The van der Waals surface area contributed by atoms with Crippen LogP contribution in [0.1, 0.15) is 39.2 Å². The zero-order chi connectivity index (χ0) is 14.4. The monoisotopic (exact) mass is 278 g/mol. The third-order valence-corrected chi connectivity index (χ3v) is 3.60. The largest absolute Gasteiger partial charge is 0.377 e. The van der Waals surface area contributed by atoms with Crippen LogP contribution in [0.5, 0.6) is 0 Å². The zero-order valence-corrected chi connectivity index (χ0v) is 12.8. The smallest absolute Gasteiger partial charge is 0.163 e. The SMILES string of the molecule is C[C@H](CCOCc1ccccc1)C[C@@H]1COC(C)(C)O1. The number of hydrogen-bond donors (Lipinski definition) is 0. The molecular weight excluding hydrogens is 252 g/mol. The maximum absolute atomic E-state index is 5.83. The summed E-state index contributed by atoms with van der Waals surface area (Å²) in [5.41, 5.74) is 1.23. The van der Waals surface area contributed by atoms with Crippen LogP contribution in [-0.4, -0.2) is 25.1 Å². The molecular formula is C17H26O3. The van der Waals surface area contributed by atoms with Gasteiger partial charge in [-0.1, -0.05) is 37.3 Å². The summed E-state index contributed by atoms with van der Waals surface area (Å²) in [6, 6.07) is 10.3. The minimum atomic E-state index is -0.409. The predicted octanol–water partition coefficient (Wildman–Crippen LogP) is 3.77. The second-order valence-electron chi connectivity index (χ2n) is 6.12.